The number of imide groups is 1. The number of benzene rings is 4. The van der Waals surface area contributed by atoms with E-state index in [0.717, 1.165) is 24.1 Å². The quantitative estimate of drug-likeness (QED) is 0.132. The molecule has 17 nitrogen and oxygen atoms in total. The van der Waals surface area contributed by atoms with Crippen molar-refractivity contribution in [1.82, 2.24) is 15.2 Å². The number of phenols is 1. The summed E-state index contributed by atoms with van der Waals surface area (Å²) in [6.07, 6.45) is -3.73. The number of carbonyl (C=O) groups is 3. The van der Waals surface area contributed by atoms with E-state index in [2.05, 4.69) is 27.3 Å². The predicted molar refractivity (Wildman–Crippen MR) is 203 cm³/mol. The number of amides is 3. The first-order valence-corrected chi connectivity index (χ1v) is 19.7. The number of ether oxygens (including phenoxy) is 2. The summed E-state index contributed by atoms with van der Waals surface area (Å²) < 4.78 is 79.5. The molecule has 0 aliphatic carbocycles. The van der Waals surface area contributed by atoms with Gasteiger partial charge in [-0.25, -0.2) is 9.42 Å². The lowest BCUT2D eigenvalue weighted by atomic mass is 9.98. The summed E-state index contributed by atoms with van der Waals surface area (Å²) in [6, 6.07) is 18.4. The van der Waals surface area contributed by atoms with E-state index in [-0.39, 0.29) is 46.5 Å². The van der Waals surface area contributed by atoms with Gasteiger partial charge in [0.25, 0.3) is 0 Å². The molecule has 3 heterocycles. The van der Waals surface area contributed by atoms with Crippen LogP contribution in [0.1, 0.15) is 24.0 Å². The third-order valence-electron chi connectivity index (χ3n) is 9.55. The highest BCUT2D eigenvalue weighted by atomic mass is 35.5. The zero-order valence-electron chi connectivity index (χ0n) is 31.4. The average molecular weight is 877 g/mol. The average Bonchev–Trinajstić information content (AvgIpc) is 3.86. The summed E-state index contributed by atoms with van der Waals surface area (Å²) in [5.41, 5.74) is 8.60. The fourth-order valence-electron chi connectivity index (χ4n) is 6.82. The molecule has 3 amide bonds. The Hall–Kier alpha value is -6.16. The number of halogens is 4. The van der Waals surface area contributed by atoms with Crippen LogP contribution in [0.25, 0.3) is 11.0 Å². The van der Waals surface area contributed by atoms with Gasteiger partial charge in [0.05, 0.1) is 30.7 Å². The van der Waals surface area contributed by atoms with E-state index in [9.17, 15) is 36.3 Å². The highest BCUT2D eigenvalue weighted by molar-refractivity contribution is 7.87. The molecule has 1 fully saturated rings. The Morgan fingerprint density at radius 2 is 1.70 bits per heavy atom. The minimum atomic E-state index is -5.19. The van der Waals surface area contributed by atoms with Gasteiger partial charge in [-0.05, 0) is 102 Å². The Labute approximate surface area is 344 Å². The number of anilines is 1. The van der Waals surface area contributed by atoms with Gasteiger partial charge in [-0.15, -0.1) is 0 Å². The van der Waals surface area contributed by atoms with Gasteiger partial charge >= 0.3 is 22.3 Å². The minimum absolute atomic E-state index is 0.0692. The molecule has 3 atom stereocenters. The molecule has 0 radical (unpaired) electrons. The van der Waals surface area contributed by atoms with Crippen molar-refractivity contribution in [3.05, 3.63) is 95.0 Å². The molecule has 4 aromatic carbocycles. The van der Waals surface area contributed by atoms with Crippen LogP contribution in [-0.2, 0) is 32.7 Å². The van der Waals surface area contributed by atoms with Gasteiger partial charge in [0.2, 0.25) is 12.7 Å². The predicted octanol–water partition coefficient (Wildman–Crippen LogP) is 4.12. The van der Waals surface area contributed by atoms with Crippen molar-refractivity contribution < 1.29 is 69.0 Å². The first-order valence-electron chi connectivity index (χ1n) is 17.9. The van der Waals surface area contributed by atoms with Crippen molar-refractivity contribution in [2.45, 2.75) is 49.0 Å². The summed E-state index contributed by atoms with van der Waals surface area (Å²) in [4.78, 5) is 37.8. The zero-order chi connectivity index (χ0) is 43.4. The van der Waals surface area contributed by atoms with Crippen molar-refractivity contribution in [1.29, 1.82) is 0 Å². The molecule has 0 saturated carbocycles. The zero-order valence-corrected chi connectivity index (χ0v) is 33.0. The molecule has 60 heavy (non-hydrogen) atoms. The number of aromatic hydroxyl groups is 1. The number of aromatic nitrogens is 2. The number of urea groups is 1. The van der Waals surface area contributed by atoms with Crippen LogP contribution in [-0.4, -0.2) is 96.3 Å². The Kier molecular flexibility index (Phi) is 12.7. The van der Waals surface area contributed by atoms with Crippen LogP contribution in [0, 0.1) is 0 Å². The van der Waals surface area contributed by atoms with Crippen LogP contribution < -0.4 is 29.8 Å². The largest absolute Gasteiger partial charge is 0.542 e. The van der Waals surface area contributed by atoms with Crippen LogP contribution >= 0.6 is 11.6 Å². The first kappa shape index (κ1) is 43.4. The van der Waals surface area contributed by atoms with Crippen LogP contribution in [0.5, 0.6) is 23.0 Å². The summed E-state index contributed by atoms with van der Waals surface area (Å²) in [7, 11) is -2.38. The van der Waals surface area contributed by atoms with E-state index in [1.807, 2.05) is 18.2 Å². The number of rotatable bonds is 10. The van der Waals surface area contributed by atoms with Gasteiger partial charge in [-0.2, -0.15) is 21.6 Å². The number of nitrogens with one attached hydrogen (secondary N) is 1. The maximum atomic E-state index is 14.1. The van der Waals surface area contributed by atoms with Crippen molar-refractivity contribution in [2.75, 3.05) is 32.2 Å². The van der Waals surface area contributed by atoms with Gasteiger partial charge in [-0.1, -0.05) is 23.7 Å². The standard InChI is InChI=1S/C36H35ClN6O9S.C2HF3O2/c1-43(19-23-6-15-31-32(18-23)50-21-49-31)16-2-3-25(20-43)42(35(45)29(38)17-22-4-9-26(44)10-5-22)36(46)39-24-7-11-27(12-8-24)51-53(47,48)34-28(37)13-14-30-33(34)41-52-40-30;3-2(4,5)1(6)7/h4-15,18,25,29H,2-3,16-17,19-21,38H2,1H3,(H-,39,44,46);(H,6,7)/t25-,29-,43?;/m0./s1. The molecule has 318 valence electrons. The molecule has 0 bridgehead atoms. The highest BCUT2D eigenvalue weighted by Crippen LogP contribution is 2.35. The molecule has 2 aliphatic rings. The number of piperidine rings is 1. The third kappa shape index (κ3) is 10.3. The number of fused-ring (bicyclic) bond motifs is 2. The summed E-state index contributed by atoms with van der Waals surface area (Å²) in [6.45, 7) is 2.10. The minimum Gasteiger partial charge on any atom is -0.542 e. The number of carboxylic acids is 1. The third-order valence-corrected chi connectivity index (χ3v) is 11.3. The number of likely N-dealkylation sites (tertiary alicyclic amines) is 1. The van der Waals surface area contributed by atoms with Gasteiger partial charge in [-0.3, -0.25) is 9.69 Å². The van der Waals surface area contributed by atoms with Crippen molar-refractivity contribution in [3.8, 4) is 23.0 Å². The maximum Gasteiger partial charge on any atom is 0.430 e. The lowest BCUT2D eigenvalue weighted by molar-refractivity contribution is -0.928. The Morgan fingerprint density at radius 1 is 1.03 bits per heavy atom. The number of hydrogen-bond acceptors (Lipinski definition) is 14. The van der Waals surface area contributed by atoms with E-state index in [1.165, 1.54) is 53.4 Å². The van der Waals surface area contributed by atoms with Crippen molar-refractivity contribution >= 4 is 56.3 Å². The number of carboxylic acid groups (broad SMARTS) is 1. The molecule has 4 N–H and O–H groups in total. The molecule has 5 aromatic rings. The molecule has 7 rings (SSSR count). The number of carbonyl (C=O) groups excluding carboxylic acids is 3. The van der Waals surface area contributed by atoms with Crippen LogP contribution in [0.2, 0.25) is 5.02 Å². The Bertz CT molecular complexity index is 2490. The second kappa shape index (κ2) is 17.6. The lowest BCUT2D eigenvalue weighted by Crippen LogP contribution is -2.62. The number of likely N-dealkylation sites (N-methyl/N-ethyl adjacent to an activating group) is 1. The van der Waals surface area contributed by atoms with E-state index in [0.29, 0.717) is 35.5 Å². The van der Waals surface area contributed by atoms with Crippen LogP contribution in [0.4, 0.5) is 23.7 Å². The highest BCUT2D eigenvalue weighted by Gasteiger charge is 2.41. The van der Waals surface area contributed by atoms with Crippen molar-refractivity contribution in [2.24, 2.45) is 5.73 Å². The topological polar surface area (TPSA) is 237 Å². The Morgan fingerprint density at radius 3 is 2.38 bits per heavy atom. The SMILES string of the molecule is C[N+]1(Cc2ccc3c(c2)OCO3)CCC[C@H](N(C(=O)Nc2ccc(OS(=O)(=O)c3c(Cl)ccc4nonc34)cc2)C(=O)[C@@H](N)Cc2ccc(O)cc2)C1.O=C([O-])C(F)(F)F. The summed E-state index contributed by atoms with van der Waals surface area (Å²) in [5, 5.41) is 28.5. The van der Waals surface area contributed by atoms with Crippen LogP contribution in [0.15, 0.2) is 88.4 Å². The first-order chi connectivity index (χ1) is 28.3. The summed E-state index contributed by atoms with van der Waals surface area (Å²) >= 11 is 6.19. The molecule has 1 aromatic heterocycles. The molecular formula is C38H36ClF3N6O11S. The number of quaternary nitrogens is 1. The van der Waals surface area contributed by atoms with Crippen molar-refractivity contribution in [3.63, 3.8) is 0 Å². The van der Waals surface area contributed by atoms with Gasteiger partial charge in [0, 0.05) is 11.3 Å². The Balaban J connectivity index is 0.000000793. The fourth-order valence-corrected chi connectivity index (χ4v) is 8.39. The smallest absolute Gasteiger partial charge is 0.430 e. The number of nitrogens with zero attached hydrogens (tertiary/aromatic N) is 4. The maximum absolute atomic E-state index is 14.1. The fraction of sp³-hybridized carbons (Fsp3) is 0.289. The van der Waals surface area contributed by atoms with Gasteiger partial charge in [0.1, 0.15) is 36.1 Å². The number of aliphatic carboxylic acids is 1. The normalized spacial score (nSPS) is 17.9. The summed E-state index contributed by atoms with van der Waals surface area (Å²) in [5.74, 6) is -2.18. The van der Waals surface area contributed by atoms with E-state index < -0.39 is 51.2 Å². The second-order valence-corrected chi connectivity index (χ2v) is 16.0. The molecular weight excluding hydrogens is 841 g/mol. The van der Waals surface area contributed by atoms with Gasteiger partial charge < -0.3 is 44.2 Å². The number of hydrogen-bond donors (Lipinski definition) is 3. The number of phenolic OH excluding ortho intramolecular Hbond substituents is 1. The molecule has 22 heteroatoms. The number of nitrogens with two attached hydrogens (primary N) is 1. The van der Waals surface area contributed by atoms with E-state index in [1.54, 1.807) is 12.1 Å². The monoisotopic (exact) mass is 876 g/mol. The van der Waals surface area contributed by atoms with Crippen LogP contribution in [0.3, 0.4) is 0 Å². The van der Waals surface area contributed by atoms with Gasteiger partial charge in [0.15, 0.2) is 21.9 Å². The molecule has 2 aliphatic heterocycles. The van der Waals surface area contributed by atoms with E-state index in [4.69, 9.17) is 40.9 Å². The lowest BCUT2D eigenvalue weighted by Gasteiger charge is -2.44. The number of alkyl halides is 3. The molecule has 1 saturated heterocycles. The molecule has 0 spiro atoms. The second-order valence-electron chi connectivity index (χ2n) is 14.1. The molecule has 1 unspecified atom stereocenters. The van der Waals surface area contributed by atoms with E-state index >= 15 is 0 Å².